The lowest BCUT2D eigenvalue weighted by Gasteiger charge is -2.34. The van der Waals surface area contributed by atoms with Crippen molar-refractivity contribution in [3.05, 3.63) is 18.2 Å². The number of likely N-dealkylation sites (N-methyl/N-ethyl adjacent to an activating group) is 1. The molecule has 0 radical (unpaired) electrons. The molecule has 2 heterocycles. The van der Waals surface area contributed by atoms with Crippen LogP contribution in [0.2, 0.25) is 0 Å². The fraction of sp³-hybridized carbons (Fsp3) is 0.462. The quantitative estimate of drug-likeness (QED) is 0.800. The number of piperazine rings is 1. The highest BCUT2D eigenvalue weighted by molar-refractivity contribution is 5.83. The topological polar surface area (TPSA) is 62.8 Å². The molecule has 1 aromatic carbocycles. The Morgan fingerprint density at radius 3 is 3.11 bits per heavy atom. The van der Waals surface area contributed by atoms with Crippen LogP contribution in [0.1, 0.15) is 0 Å². The first-order chi connectivity index (χ1) is 9.26. The summed E-state index contributed by atoms with van der Waals surface area (Å²) in [6.07, 6.45) is 0. The number of ether oxygens (including phenoxy) is 2. The Kier molecular flexibility index (Phi) is 3.16. The molecular weight excluding hydrogens is 246 g/mol. The molecule has 3 rings (SSSR count). The molecular formula is C13H17N3O3. The summed E-state index contributed by atoms with van der Waals surface area (Å²) in [5.41, 5.74) is 0.986. The Balaban J connectivity index is 1.79. The van der Waals surface area contributed by atoms with Gasteiger partial charge in [0.2, 0.25) is 12.7 Å². The Labute approximate surface area is 111 Å². The lowest BCUT2D eigenvalue weighted by Crippen LogP contribution is -2.57. The molecule has 1 amide bonds. The van der Waals surface area contributed by atoms with E-state index in [-0.39, 0.29) is 18.7 Å². The summed E-state index contributed by atoms with van der Waals surface area (Å²) in [5, 5.41) is 6.06. The van der Waals surface area contributed by atoms with Crippen LogP contribution >= 0.6 is 0 Å². The number of amides is 1. The van der Waals surface area contributed by atoms with E-state index in [0.29, 0.717) is 6.54 Å². The molecule has 0 bridgehead atoms. The molecule has 2 N–H and O–H groups in total. The van der Waals surface area contributed by atoms with Gasteiger partial charge < -0.3 is 25.0 Å². The fourth-order valence-electron chi connectivity index (χ4n) is 2.46. The number of fused-ring (bicyclic) bond motifs is 1. The van der Waals surface area contributed by atoms with E-state index in [1.807, 2.05) is 25.2 Å². The number of hydrogen-bond donors (Lipinski definition) is 2. The van der Waals surface area contributed by atoms with Crippen molar-refractivity contribution in [3.8, 4) is 11.5 Å². The Morgan fingerprint density at radius 1 is 1.42 bits per heavy atom. The van der Waals surface area contributed by atoms with Crippen LogP contribution in [0, 0.1) is 0 Å². The second kappa shape index (κ2) is 4.97. The number of rotatable bonds is 3. The van der Waals surface area contributed by atoms with Crippen molar-refractivity contribution < 1.29 is 14.3 Å². The van der Waals surface area contributed by atoms with Crippen molar-refractivity contribution in [2.24, 2.45) is 0 Å². The van der Waals surface area contributed by atoms with Gasteiger partial charge in [-0.3, -0.25) is 4.79 Å². The summed E-state index contributed by atoms with van der Waals surface area (Å²) < 4.78 is 10.7. The zero-order valence-electron chi connectivity index (χ0n) is 10.8. The van der Waals surface area contributed by atoms with Crippen molar-refractivity contribution in [2.75, 3.05) is 38.4 Å². The van der Waals surface area contributed by atoms with Crippen LogP contribution < -0.4 is 25.0 Å². The molecule has 102 valence electrons. The van der Waals surface area contributed by atoms with Crippen molar-refractivity contribution >= 4 is 11.6 Å². The summed E-state index contributed by atoms with van der Waals surface area (Å²) >= 11 is 0. The average Bonchev–Trinajstić information content (AvgIpc) is 2.85. The molecule has 0 saturated carbocycles. The van der Waals surface area contributed by atoms with Gasteiger partial charge in [-0.15, -0.1) is 0 Å². The maximum atomic E-state index is 11.7. The molecule has 19 heavy (non-hydrogen) atoms. The third kappa shape index (κ3) is 2.44. The normalized spacial score (nSPS) is 21.4. The van der Waals surface area contributed by atoms with Gasteiger partial charge in [0.15, 0.2) is 11.5 Å². The summed E-state index contributed by atoms with van der Waals surface area (Å²) in [5.74, 6) is 1.55. The first kappa shape index (κ1) is 12.1. The third-order valence-corrected chi connectivity index (χ3v) is 3.31. The number of anilines is 1. The maximum absolute atomic E-state index is 11.7. The van der Waals surface area contributed by atoms with Crippen molar-refractivity contribution in [2.45, 2.75) is 6.04 Å². The van der Waals surface area contributed by atoms with Gasteiger partial charge in [0.05, 0.1) is 12.6 Å². The summed E-state index contributed by atoms with van der Waals surface area (Å²) in [6, 6.07) is 5.90. The third-order valence-electron chi connectivity index (χ3n) is 3.31. The van der Waals surface area contributed by atoms with E-state index in [2.05, 4.69) is 15.5 Å². The molecule has 2 aliphatic rings. The van der Waals surface area contributed by atoms with Crippen molar-refractivity contribution in [1.82, 2.24) is 10.6 Å². The second-order valence-corrected chi connectivity index (χ2v) is 4.74. The minimum atomic E-state index is 0.0455. The first-order valence-corrected chi connectivity index (χ1v) is 6.35. The SMILES string of the molecule is CNCC1CN(c2ccc3c(c2)OCO3)CC(=O)N1. The van der Waals surface area contributed by atoms with Gasteiger partial charge in [-0.05, 0) is 19.2 Å². The smallest absolute Gasteiger partial charge is 0.239 e. The number of carbonyl (C=O) groups excluding carboxylic acids is 1. The molecule has 1 atom stereocenters. The van der Waals surface area contributed by atoms with Crippen LogP contribution in [0.5, 0.6) is 11.5 Å². The van der Waals surface area contributed by atoms with Crippen LogP contribution in [-0.2, 0) is 4.79 Å². The second-order valence-electron chi connectivity index (χ2n) is 4.74. The standard InChI is InChI=1S/C13H17N3O3/c1-14-5-9-6-16(7-13(17)15-9)10-2-3-11-12(4-10)19-8-18-11/h2-4,9,14H,5-8H2,1H3,(H,15,17). The number of benzene rings is 1. The lowest BCUT2D eigenvalue weighted by atomic mass is 10.1. The van der Waals surface area contributed by atoms with Crippen LogP contribution in [0.4, 0.5) is 5.69 Å². The molecule has 2 aliphatic heterocycles. The molecule has 0 aromatic heterocycles. The molecule has 6 heteroatoms. The van der Waals surface area contributed by atoms with Crippen LogP contribution in [0.25, 0.3) is 0 Å². The number of nitrogens with one attached hydrogen (secondary N) is 2. The first-order valence-electron chi connectivity index (χ1n) is 6.35. The van der Waals surface area contributed by atoms with E-state index in [9.17, 15) is 4.79 Å². The van der Waals surface area contributed by atoms with E-state index >= 15 is 0 Å². The highest BCUT2D eigenvalue weighted by Gasteiger charge is 2.25. The summed E-state index contributed by atoms with van der Waals surface area (Å²) in [7, 11) is 1.88. The van der Waals surface area contributed by atoms with E-state index < -0.39 is 0 Å². The molecule has 1 saturated heterocycles. The molecule has 0 aliphatic carbocycles. The van der Waals surface area contributed by atoms with Crippen LogP contribution in [0.3, 0.4) is 0 Å². The Bertz CT molecular complexity index is 492. The van der Waals surface area contributed by atoms with Gasteiger partial charge in [-0.1, -0.05) is 0 Å². The van der Waals surface area contributed by atoms with E-state index in [0.717, 1.165) is 30.3 Å². The molecule has 1 fully saturated rings. The zero-order chi connectivity index (χ0) is 13.2. The van der Waals surface area contributed by atoms with Gasteiger partial charge in [0.25, 0.3) is 0 Å². The van der Waals surface area contributed by atoms with Crippen LogP contribution in [0.15, 0.2) is 18.2 Å². The Morgan fingerprint density at radius 2 is 2.26 bits per heavy atom. The van der Waals surface area contributed by atoms with Gasteiger partial charge in [-0.2, -0.15) is 0 Å². The summed E-state index contributed by atoms with van der Waals surface area (Å²) in [4.78, 5) is 13.8. The van der Waals surface area contributed by atoms with Gasteiger partial charge >= 0.3 is 0 Å². The monoisotopic (exact) mass is 263 g/mol. The van der Waals surface area contributed by atoms with Crippen LogP contribution in [-0.4, -0.2) is 45.4 Å². The zero-order valence-corrected chi connectivity index (χ0v) is 10.8. The maximum Gasteiger partial charge on any atom is 0.239 e. The largest absolute Gasteiger partial charge is 0.454 e. The van der Waals surface area contributed by atoms with Crippen molar-refractivity contribution in [1.29, 1.82) is 0 Å². The lowest BCUT2D eigenvalue weighted by molar-refractivity contribution is -0.121. The van der Waals surface area contributed by atoms with Gasteiger partial charge in [-0.25, -0.2) is 0 Å². The van der Waals surface area contributed by atoms with Crippen molar-refractivity contribution in [3.63, 3.8) is 0 Å². The van der Waals surface area contributed by atoms with E-state index in [1.54, 1.807) is 0 Å². The van der Waals surface area contributed by atoms with Gasteiger partial charge in [0, 0.05) is 24.8 Å². The minimum Gasteiger partial charge on any atom is -0.454 e. The number of hydrogen-bond acceptors (Lipinski definition) is 5. The number of nitrogens with zero attached hydrogens (tertiary/aromatic N) is 1. The average molecular weight is 263 g/mol. The van der Waals surface area contributed by atoms with E-state index in [4.69, 9.17) is 9.47 Å². The predicted molar refractivity (Wildman–Crippen MR) is 70.6 cm³/mol. The van der Waals surface area contributed by atoms with E-state index in [1.165, 1.54) is 0 Å². The summed E-state index contributed by atoms with van der Waals surface area (Å²) in [6.45, 7) is 2.18. The fourth-order valence-corrected chi connectivity index (χ4v) is 2.46. The highest BCUT2D eigenvalue weighted by atomic mass is 16.7. The Hall–Kier alpha value is -1.95. The molecule has 1 aromatic rings. The predicted octanol–water partition coefficient (Wildman–Crippen LogP) is -0.0605. The molecule has 0 spiro atoms. The number of carbonyl (C=O) groups is 1. The molecule has 6 nitrogen and oxygen atoms in total. The minimum absolute atomic E-state index is 0.0455. The molecule has 1 unspecified atom stereocenters. The highest BCUT2D eigenvalue weighted by Crippen LogP contribution is 2.35. The van der Waals surface area contributed by atoms with Gasteiger partial charge in [0.1, 0.15) is 0 Å².